The molecule has 0 amide bonds. The van der Waals surface area contributed by atoms with Gasteiger partial charge in [-0.1, -0.05) is 23.7 Å². The number of rotatable bonds is 5. The molecule has 1 rings (SSSR count). The number of hydrogen-bond donors (Lipinski definition) is 2. The van der Waals surface area contributed by atoms with Crippen LogP contribution in [-0.2, 0) is 14.8 Å². The molecule has 0 heterocycles. The Morgan fingerprint density at radius 3 is 2.44 bits per heavy atom. The summed E-state index contributed by atoms with van der Waals surface area (Å²) in [7, 11) is -3.80. The SMILES string of the molecule is CC(C)(CNS(=O)(=O)c1ccccc1Cl)C(=O)O. The topological polar surface area (TPSA) is 83.5 Å². The van der Waals surface area contributed by atoms with Crippen molar-refractivity contribution >= 4 is 27.6 Å². The van der Waals surface area contributed by atoms with Gasteiger partial charge in [-0.25, -0.2) is 13.1 Å². The molecule has 0 aliphatic carbocycles. The first-order chi connectivity index (χ1) is 8.17. The fraction of sp³-hybridized carbons (Fsp3) is 0.364. The highest BCUT2D eigenvalue weighted by Gasteiger charge is 2.29. The molecule has 100 valence electrons. The summed E-state index contributed by atoms with van der Waals surface area (Å²) >= 11 is 5.79. The smallest absolute Gasteiger partial charge is 0.310 e. The van der Waals surface area contributed by atoms with Gasteiger partial charge in [0, 0.05) is 6.54 Å². The van der Waals surface area contributed by atoms with Crippen LogP contribution >= 0.6 is 11.6 Å². The van der Waals surface area contributed by atoms with Crippen molar-refractivity contribution in [3.05, 3.63) is 29.3 Å². The average Bonchev–Trinajstić information content (AvgIpc) is 2.27. The minimum Gasteiger partial charge on any atom is -0.481 e. The van der Waals surface area contributed by atoms with Gasteiger partial charge in [0.1, 0.15) is 4.90 Å². The zero-order valence-corrected chi connectivity index (χ0v) is 11.5. The molecule has 1 aromatic rings. The lowest BCUT2D eigenvalue weighted by Crippen LogP contribution is -2.38. The second-order valence-electron chi connectivity index (χ2n) is 4.44. The molecule has 0 radical (unpaired) electrons. The molecule has 7 heteroatoms. The predicted octanol–water partition coefficient (Wildman–Crippen LogP) is 1.73. The summed E-state index contributed by atoms with van der Waals surface area (Å²) in [5, 5.41) is 9.00. The van der Waals surface area contributed by atoms with Crippen molar-refractivity contribution in [2.75, 3.05) is 6.54 Å². The molecule has 0 aliphatic heterocycles. The quantitative estimate of drug-likeness (QED) is 0.865. The first-order valence-electron chi connectivity index (χ1n) is 5.14. The van der Waals surface area contributed by atoms with E-state index in [9.17, 15) is 13.2 Å². The molecule has 0 saturated carbocycles. The van der Waals surface area contributed by atoms with Crippen LogP contribution in [0.3, 0.4) is 0 Å². The number of nitrogens with one attached hydrogen (secondary N) is 1. The third kappa shape index (κ3) is 3.44. The van der Waals surface area contributed by atoms with Gasteiger partial charge in [-0.3, -0.25) is 4.79 Å². The van der Waals surface area contributed by atoms with Gasteiger partial charge in [0.2, 0.25) is 10.0 Å². The summed E-state index contributed by atoms with van der Waals surface area (Å²) in [5.74, 6) is -1.08. The van der Waals surface area contributed by atoms with Crippen LogP contribution in [0.1, 0.15) is 13.8 Å². The molecule has 0 aliphatic rings. The first kappa shape index (κ1) is 14.9. The molecular formula is C11H14ClNO4S. The van der Waals surface area contributed by atoms with E-state index in [-0.39, 0.29) is 16.5 Å². The van der Waals surface area contributed by atoms with E-state index < -0.39 is 21.4 Å². The molecule has 0 aromatic heterocycles. The zero-order chi connectivity index (χ0) is 14.0. The number of hydrogen-bond acceptors (Lipinski definition) is 3. The molecule has 0 saturated heterocycles. The number of carbonyl (C=O) groups is 1. The number of benzene rings is 1. The lowest BCUT2D eigenvalue weighted by molar-refractivity contribution is -0.146. The van der Waals surface area contributed by atoms with Crippen molar-refractivity contribution < 1.29 is 18.3 Å². The van der Waals surface area contributed by atoms with Gasteiger partial charge in [0.15, 0.2) is 0 Å². The second-order valence-corrected chi connectivity index (χ2v) is 6.59. The molecule has 2 N–H and O–H groups in total. The number of sulfonamides is 1. The third-order valence-corrected chi connectivity index (χ3v) is 4.31. The molecule has 0 bridgehead atoms. The van der Waals surface area contributed by atoms with Crippen LogP contribution in [0, 0.1) is 5.41 Å². The summed E-state index contributed by atoms with van der Waals surface area (Å²) in [5.41, 5.74) is -1.19. The minimum absolute atomic E-state index is 0.0622. The Hall–Kier alpha value is -1.11. The predicted molar refractivity (Wildman–Crippen MR) is 68.1 cm³/mol. The first-order valence-corrected chi connectivity index (χ1v) is 7.00. The zero-order valence-electron chi connectivity index (χ0n) is 9.97. The highest BCUT2D eigenvalue weighted by Crippen LogP contribution is 2.21. The maximum Gasteiger partial charge on any atom is 0.310 e. The summed E-state index contributed by atoms with van der Waals surface area (Å²) in [6.45, 7) is 2.66. The minimum atomic E-state index is -3.80. The van der Waals surface area contributed by atoms with Crippen molar-refractivity contribution in [1.29, 1.82) is 0 Å². The maximum absolute atomic E-state index is 11.9. The van der Waals surface area contributed by atoms with Crippen molar-refractivity contribution in [2.24, 2.45) is 5.41 Å². The number of carboxylic acid groups (broad SMARTS) is 1. The highest BCUT2D eigenvalue weighted by atomic mass is 35.5. The van der Waals surface area contributed by atoms with Crippen molar-refractivity contribution in [3.8, 4) is 0 Å². The van der Waals surface area contributed by atoms with Crippen molar-refractivity contribution in [3.63, 3.8) is 0 Å². The van der Waals surface area contributed by atoms with Crippen LogP contribution in [0.2, 0.25) is 5.02 Å². The molecule has 0 unspecified atom stereocenters. The fourth-order valence-corrected chi connectivity index (χ4v) is 2.82. The van der Waals surface area contributed by atoms with Crippen molar-refractivity contribution in [2.45, 2.75) is 18.7 Å². The molecule has 5 nitrogen and oxygen atoms in total. The summed E-state index contributed by atoms with van der Waals surface area (Å²) in [4.78, 5) is 10.8. The van der Waals surface area contributed by atoms with E-state index >= 15 is 0 Å². The van der Waals surface area contributed by atoms with Gasteiger partial charge in [0.05, 0.1) is 10.4 Å². The molecule has 18 heavy (non-hydrogen) atoms. The number of carboxylic acids is 1. The van der Waals surface area contributed by atoms with Crippen LogP contribution in [0.15, 0.2) is 29.2 Å². The monoisotopic (exact) mass is 291 g/mol. The molecule has 0 spiro atoms. The Balaban J connectivity index is 2.92. The molecule has 1 aromatic carbocycles. The van der Waals surface area contributed by atoms with Crippen molar-refractivity contribution in [1.82, 2.24) is 4.72 Å². The number of aliphatic carboxylic acids is 1. The van der Waals surface area contributed by atoms with E-state index in [1.165, 1.54) is 26.0 Å². The van der Waals surface area contributed by atoms with Gasteiger partial charge in [-0.15, -0.1) is 0 Å². The maximum atomic E-state index is 11.9. The van der Waals surface area contributed by atoms with Gasteiger partial charge in [0.25, 0.3) is 0 Å². The van der Waals surface area contributed by atoms with Gasteiger partial charge >= 0.3 is 5.97 Å². The van der Waals surface area contributed by atoms with Gasteiger partial charge in [-0.05, 0) is 26.0 Å². The fourth-order valence-electron chi connectivity index (χ4n) is 1.09. The molecule has 0 fully saturated rings. The summed E-state index contributed by atoms with van der Waals surface area (Å²) < 4.78 is 26.1. The van der Waals surface area contributed by atoms with E-state index in [1.807, 2.05) is 0 Å². The molecular weight excluding hydrogens is 278 g/mol. The van der Waals surface area contributed by atoms with Gasteiger partial charge < -0.3 is 5.11 Å². The lowest BCUT2D eigenvalue weighted by atomic mass is 9.95. The van der Waals surface area contributed by atoms with Gasteiger partial charge in [-0.2, -0.15) is 0 Å². The van der Waals surface area contributed by atoms with Crippen LogP contribution in [-0.4, -0.2) is 26.0 Å². The Bertz CT molecular complexity index is 554. The Morgan fingerprint density at radius 2 is 1.94 bits per heavy atom. The van der Waals surface area contributed by atoms with Crippen LogP contribution in [0.5, 0.6) is 0 Å². The van der Waals surface area contributed by atoms with E-state index in [4.69, 9.17) is 16.7 Å². The van der Waals surface area contributed by atoms with E-state index in [0.29, 0.717) is 0 Å². The van der Waals surface area contributed by atoms with Crippen LogP contribution in [0.25, 0.3) is 0 Å². The van der Waals surface area contributed by atoms with E-state index in [2.05, 4.69) is 4.72 Å². The lowest BCUT2D eigenvalue weighted by Gasteiger charge is -2.19. The third-order valence-electron chi connectivity index (χ3n) is 2.41. The highest BCUT2D eigenvalue weighted by molar-refractivity contribution is 7.89. The summed E-state index contributed by atoms with van der Waals surface area (Å²) in [6, 6.07) is 5.97. The second kappa shape index (κ2) is 5.26. The standard InChI is InChI=1S/C11H14ClNO4S/c1-11(2,10(14)15)7-13-18(16,17)9-6-4-3-5-8(9)12/h3-6,13H,7H2,1-2H3,(H,14,15). The average molecular weight is 292 g/mol. The van der Waals surface area contributed by atoms with E-state index in [0.717, 1.165) is 0 Å². The number of halogens is 1. The van der Waals surface area contributed by atoms with E-state index in [1.54, 1.807) is 12.1 Å². The summed E-state index contributed by atoms with van der Waals surface area (Å²) in [6.07, 6.45) is 0. The van der Waals surface area contributed by atoms with Crippen LogP contribution < -0.4 is 4.72 Å². The Morgan fingerprint density at radius 1 is 1.39 bits per heavy atom. The Kier molecular flexibility index (Phi) is 4.37. The normalized spacial score (nSPS) is 12.4. The molecule has 0 atom stereocenters. The largest absolute Gasteiger partial charge is 0.481 e. The van der Waals surface area contributed by atoms with Crippen LogP contribution in [0.4, 0.5) is 0 Å². The Labute approximate surface area is 111 Å².